The first kappa shape index (κ1) is 21.2. The zero-order valence-electron chi connectivity index (χ0n) is 18.5. The number of nitrogens with one attached hydrogen (secondary N) is 1. The lowest BCUT2D eigenvalue weighted by atomic mass is 10.0. The molecule has 33 heavy (non-hydrogen) atoms. The van der Waals surface area contributed by atoms with Gasteiger partial charge in [-0.15, -0.1) is 0 Å². The van der Waals surface area contributed by atoms with Crippen molar-refractivity contribution in [3.05, 3.63) is 84.1 Å². The van der Waals surface area contributed by atoms with Gasteiger partial charge in [-0.1, -0.05) is 42.5 Å². The summed E-state index contributed by atoms with van der Waals surface area (Å²) in [4.78, 5) is 15.7. The summed E-state index contributed by atoms with van der Waals surface area (Å²) < 4.78 is 16.8. The van der Waals surface area contributed by atoms with Gasteiger partial charge in [0.25, 0.3) is 5.91 Å². The zero-order valence-corrected chi connectivity index (χ0v) is 18.5. The number of amides is 1. The Labute approximate surface area is 192 Å². The molecule has 5 rings (SSSR count). The summed E-state index contributed by atoms with van der Waals surface area (Å²) in [6.45, 7) is 4.18. The van der Waals surface area contributed by atoms with Crippen LogP contribution >= 0.6 is 0 Å². The second-order valence-electron chi connectivity index (χ2n) is 8.08. The predicted octanol–water partition coefficient (Wildman–Crippen LogP) is 5.19. The summed E-state index contributed by atoms with van der Waals surface area (Å²) >= 11 is 0. The van der Waals surface area contributed by atoms with Crippen molar-refractivity contribution >= 4 is 22.6 Å². The van der Waals surface area contributed by atoms with Crippen LogP contribution in [-0.2, 0) is 11.3 Å². The Morgan fingerprint density at radius 1 is 1.00 bits per heavy atom. The van der Waals surface area contributed by atoms with E-state index in [-0.39, 0.29) is 11.7 Å². The Kier molecular flexibility index (Phi) is 6.11. The number of rotatable bonds is 6. The van der Waals surface area contributed by atoms with Gasteiger partial charge in [0, 0.05) is 42.3 Å². The SMILES string of the molecule is COc1ccc2c(-c3ccccc3)c(C(=O)Nc3cccc(CN4CCOCC4)c3)oc2c1. The number of ether oxygens (including phenoxy) is 2. The number of hydrogen-bond donors (Lipinski definition) is 1. The van der Waals surface area contributed by atoms with Gasteiger partial charge in [-0.2, -0.15) is 0 Å². The lowest BCUT2D eigenvalue weighted by Crippen LogP contribution is -2.35. The maximum absolute atomic E-state index is 13.4. The number of anilines is 1. The fourth-order valence-electron chi connectivity index (χ4n) is 4.21. The van der Waals surface area contributed by atoms with E-state index in [1.807, 2.05) is 66.7 Å². The van der Waals surface area contributed by atoms with Gasteiger partial charge >= 0.3 is 0 Å². The lowest BCUT2D eigenvalue weighted by molar-refractivity contribution is 0.0342. The minimum Gasteiger partial charge on any atom is -0.497 e. The Morgan fingerprint density at radius 2 is 1.82 bits per heavy atom. The van der Waals surface area contributed by atoms with E-state index >= 15 is 0 Å². The quantitative estimate of drug-likeness (QED) is 0.445. The second-order valence-corrected chi connectivity index (χ2v) is 8.08. The van der Waals surface area contributed by atoms with Crippen molar-refractivity contribution in [3.8, 4) is 16.9 Å². The molecule has 4 aromatic rings. The number of morpholine rings is 1. The van der Waals surface area contributed by atoms with Crippen molar-refractivity contribution in [1.29, 1.82) is 0 Å². The molecule has 1 aliphatic rings. The predicted molar refractivity (Wildman–Crippen MR) is 129 cm³/mol. The number of fused-ring (bicyclic) bond motifs is 1. The first-order chi connectivity index (χ1) is 16.2. The second kappa shape index (κ2) is 9.48. The fraction of sp³-hybridized carbons (Fsp3) is 0.222. The van der Waals surface area contributed by atoms with Gasteiger partial charge in [-0.05, 0) is 35.4 Å². The highest BCUT2D eigenvalue weighted by molar-refractivity contribution is 6.12. The van der Waals surface area contributed by atoms with Crippen molar-refractivity contribution in [2.45, 2.75) is 6.54 Å². The molecule has 6 nitrogen and oxygen atoms in total. The highest BCUT2D eigenvalue weighted by Crippen LogP contribution is 2.37. The monoisotopic (exact) mass is 442 g/mol. The van der Waals surface area contributed by atoms with Gasteiger partial charge in [-0.25, -0.2) is 0 Å². The summed E-state index contributed by atoms with van der Waals surface area (Å²) in [6.07, 6.45) is 0. The van der Waals surface area contributed by atoms with E-state index in [9.17, 15) is 4.79 Å². The molecule has 168 valence electrons. The molecular formula is C27H26N2O4. The number of nitrogens with zero attached hydrogens (tertiary/aromatic N) is 1. The maximum Gasteiger partial charge on any atom is 0.292 e. The van der Waals surface area contributed by atoms with Crippen molar-refractivity contribution in [2.75, 3.05) is 38.7 Å². The Hall–Kier alpha value is -3.61. The van der Waals surface area contributed by atoms with Crippen LogP contribution in [0, 0.1) is 0 Å². The van der Waals surface area contributed by atoms with Gasteiger partial charge in [-0.3, -0.25) is 9.69 Å². The zero-order chi connectivity index (χ0) is 22.6. The third-order valence-electron chi connectivity index (χ3n) is 5.86. The number of hydrogen-bond acceptors (Lipinski definition) is 5. The van der Waals surface area contributed by atoms with Crippen molar-refractivity contribution < 1.29 is 18.7 Å². The average Bonchev–Trinajstić information content (AvgIpc) is 3.24. The van der Waals surface area contributed by atoms with Crippen molar-refractivity contribution in [3.63, 3.8) is 0 Å². The van der Waals surface area contributed by atoms with E-state index in [4.69, 9.17) is 13.9 Å². The van der Waals surface area contributed by atoms with Crippen LogP contribution in [0.5, 0.6) is 5.75 Å². The van der Waals surface area contributed by atoms with Gasteiger partial charge in [0.1, 0.15) is 11.3 Å². The molecule has 1 fully saturated rings. The molecule has 1 amide bonds. The molecule has 0 spiro atoms. The van der Waals surface area contributed by atoms with E-state index < -0.39 is 0 Å². The molecule has 1 N–H and O–H groups in total. The van der Waals surface area contributed by atoms with Gasteiger partial charge in [0.05, 0.1) is 20.3 Å². The van der Waals surface area contributed by atoms with Crippen molar-refractivity contribution in [2.24, 2.45) is 0 Å². The highest BCUT2D eigenvalue weighted by Gasteiger charge is 2.22. The number of benzene rings is 3. The molecule has 1 saturated heterocycles. The number of carbonyl (C=O) groups is 1. The van der Waals surface area contributed by atoms with Gasteiger partial charge in [0.2, 0.25) is 5.76 Å². The number of methoxy groups -OCH3 is 1. The van der Waals surface area contributed by atoms with Crippen LogP contribution in [0.25, 0.3) is 22.1 Å². The van der Waals surface area contributed by atoms with Gasteiger partial charge in [0.15, 0.2) is 0 Å². The van der Waals surface area contributed by atoms with Crippen LogP contribution in [-0.4, -0.2) is 44.2 Å². The first-order valence-electron chi connectivity index (χ1n) is 11.1. The Morgan fingerprint density at radius 3 is 2.61 bits per heavy atom. The molecule has 0 atom stereocenters. The van der Waals surface area contributed by atoms with E-state index in [0.717, 1.165) is 60.6 Å². The average molecular weight is 443 g/mol. The lowest BCUT2D eigenvalue weighted by Gasteiger charge is -2.26. The topological polar surface area (TPSA) is 63.9 Å². The molecule has 0 bridgehead atoms. The summed E-state index contributed by atoms with van der Waals surface area (Å²) in [5.41, 5.74) is 4.19. The number of furan rings is 1. The Balaban J connectivity index is 1.45. The van der Waals surface area contributed by atoms with Crippen LogP contribution in [0.15, 0.2) is 77.2 Å². The van der Waals surface area contributed by atoms with E-state index in [2.05, 4.69) is 16.3 Å². The molecule has 0 radical (unpaired) electrons. The molecule has 1 aliphatic heterocycles. The molecule has 1 aromatic heterocycles. The van der Waals surface area contributed by atoms with Crippen molar-refractivity contribution in [1.82, 2.24) is 4.90 Å². The molecule has 3 aromatic carbocycles. The molecule has 0 aliphatic carbocycles. The van der Waals surface area contributed by atoms with E-state index in [1.165, 1.54) is 0 Å². The third kappa shape index (κ3) is 4.62. The molecule has 6 heteroatoms. The van der Waals surface area contributed by atoms with E-state index in [1.54, 1.807) is 7.11 Å². The molecular weight excluding hydrogens is 416 g/mol. The fourth-order valence-corrected chi connectivity index (χ4v) is 4.21. The molecule has 0 saturated carbocycles. The van der Waals surface area contributed by atoms with Crippen LogP contribution < -0.4 is 10.1 Å². The van der Waals surface area contributed by atoms with Crippen LogP contribution in [0.3, 0.4) is 0 Å². The normalized spacial score (nSPS) is 14.3. The van der Waals surface area contributed by atoms with Crippen LogP contribution in [0.4, 0.5) is 5.69 Å². The third-order valence-corrected chi connectivity index (χ3v) is 5.86. The summed E-state index contributed by atoms with van der Waals surface area (Å²) in [5, 5.41) is 3.90. The molecule has 2 heterocycles. The standard InChI is InChI=1S/C27H26N2O4/c1-31-22-10-11-23-24(17-22)33-26(25(23)20-7-3-2-4-8-20)27(30)28-21-9-5-6-19(16-21)18-29-12-14-32-15-13-29/h2-11,16-17H,12-15,18H2,1H3,(H,28,30). The maximum atomic E-state index is 13.4. The van der Waals surface area contributed by atoms with Gasteiger partial charge < -0.3 is 19.2 Å². The minimum absolute atomic E-state index is 0.281. The molecule has 0 unspecified atom stereocenters. The smallest absolute Gasteiger partial charge is 0.292 e. The summed E-state index contributed by atoms with van der Waals surface area (Å²) in [5.74, 6) is 0.675. The Bertz CT molecular complexity index is 1260. The summed E-state index contributed by atoms with van der Waals surface area (Å²) in [6, 6.07) is 23.4. The largest absolute Gasteiger partial charge is 0.497 e. The van der Waals surface area contributed by atoms with Crippen LogP contribution in [0.1, 0.15) is 16.1 Å². The number of carbonyl (C=O) groups excluding carboxylic acids is 1. The minimum atomic E-state index is -0.285. The summed E-state index contributed by atoms with van der Waals surface area (Å²) in [7, 11) is 1.61. The first-order valence-corrected chi connectivity index (χ1v) is 11.1. The highest BCUT2D eigenvalue weighted by atomic mass is 16.5. The van der Waals surface area contributed by atoms with E-state index in [0.29, 0.717) is 11.3 Å². The van der Waals surface area contributed by atoms with Crippen LogP contribution in [0.2, 0.25) is 0 Å².